The zero-order valence-electron chi connectivity index (χ0n) is 20.2. The van der Waals surface area contributed by atoms with Gasteiger partial charge in [-0.25, -0.2) is 14.6 Å². The van der Waals surface area contributed by atoms with Crippen molar-refractivity contribution >= 4 is 29.5 Å². The SMILES string of the molecule is CCOC(=O)NCCNC(=O)c1nc(NC(=O)Nc2ccc(OC(F)(F)F)cc2)cn1Cc1ccccc1. The zero-order chi connectivity index (χ0) is 27.5. The van der Waals surface area contributed by atoms with Gasteiger partial charge in [-0.2, -0.15) is 0 Å². The van der Waals surface area contributed by atoms with Gasteiger partial charge in [0, 0.05) is 31.5 Å². The second kappa shape index (κ2) is 13.0. The fraction of sp³-hybridized carbons (Fsp3) is 0.250. The van der Waals surface area contributed by atoms with Crippen LogP contribution in [-0.4, -0.2) is 53.6 Å². The molecular weight excluding hydrogens is 509 g/mol. The third-order valence-corrected chi connectivity index (χ3v) is 4.72. The lowest BCUT2D eigenvalue weighted by Crippen LogP contribution is -2.36. The smallest absolute Gasteiger partial charge is 0.450 e. The number of nitrogens with zero attached hydrogens (tertiary/aromatic N) is 2. The Balaban J connectivity index is 1.65. The monoisotopic (exact) mass is 534 g/mol. The molecule has 0 aliphatic rings. The predicted octanol–water partition coefficient (Wildman–Crippen LogP) is 3.95. The molecule has 3 aromatic rings. The van der Waals surface area contributed by atoms with Crippen molar-refractivity contribution < 1.29 is 37.0 Å². The van der Waals surface area contributed by atoms with Crippen molar-refractivity contribution in [1.82, 2.24) is 20.2 Å². The highest BCUT2D eigenvalue weighted by atomic mass is 19.4. The van der Waals surface area contributed by atoms with Crippen molar-refractivity contribution in [2.75, 3.05) is 30.3 Å². The van der Waals surface area contributed by atoms with Gasteiger partial charge in [0.05, 0.1) is 6.61 Å². The van der Waals surface area contributed by atoms with Gasteiger partial charge in [0.15, 0.2) is 5.82 Å². The van der Waals surface area contributed by atoms with E-state index in [1.807, 2.05) is 30.3 Å². The molecule has 0 bridgehead atoms. The zero-order valence-corrected chi connectivity index (χ0v) is 20.2. The minimum atomic E-state index is -4.83. The summed E-state index contributed by atoms with van der Waals surface area (Å²) < 4.78 is 47.0. The Labute approximate surface area is 215 Å². The number of carbonyl (C=O) groups is 3. The number of carbonyl (C=O) groups excluding carboxylic acids is 3. The molecule has 14 heteroatoms. The molecule has 11 nitrogen and oxygen atoms in total. The van der Waals surface area contributed by atoms with Gasteiger partial charge in [-0.15, -0.1) is 13.2 Å². The fourth-order valence-electron chi connectivity index (χ4n) is 3.18. The van der Waals surface area contributed by atoms with Crippen molar-refractivity contribution in [2.24, 2.45) is 0 Å². The summed E-state index contributed by atoms with van der Waals surface area (Å²) in [5, 5.41) is 10.1. The normalized spacial score (nSPS) is 10.8. The van der Waals surface area contributed by atoms with Crippen molar-refractivity contribution in [2.45, 2.75) is 19.8 Å². The average Bonchev–Trinajstić information content (AvgIpc) is 3.24. The summed E-state index contributed by atoms with van der Waals surface area (Å²) >= 11 is 0. The summed E-state index contributed by atoms with van der Waals surface area (Å²) in [6.45, 7) is 2.40. The van der Waals surface area contributed by atoms with Crippen molar-refractivity contribution in [3.8, 4) is 5.75 Å². The maximum atomic E-state index is 12.8. The van der Waals surface area contributed by atoms with E-state index in [4.69, 9.17) is 4.74 Å². The lowest BCUT2D eigenvalue weighted by atomic mass is 10.2. The Morgan fingerprint density at radius 1 is 0.947 bits per heavy atom. The lowest BCUT2D eigenvalue weighted by molar-refractivity contribution is -0.274. The van der Waals surface area contributed by atoms with Crippen molar-refractivity contribution in [3.63, 3.8) is 0 Å². The van der Waals surface area contributed by atoms with Gasteiger partial charge in [0.2, 0.25) is 5.82 Å². The number of anilines is 2. The Bertz CT molecular complexity index is 1230. The molecule has 0 saturated carbocycles. The molecule has 3 rings (SSSR count). The second-order valence-corrected chi connectivity index (χ2v) is 7.62. The summed E-state index contributed by atoms with van der Waals surface area (Å²) in [4.78, 5) is 40.8. The minimum absolute atomic E-state index is 0.00828. The highest BCUT2D eigenvalue weighted by Gasteiger charge is 2.31. The fourth-order valence-corrected chi connectivity index (χ4v) is 3.18. The highest BCUT2D eigenvalue weighted by molar-refractivity contribution is 5.99. The van der Waals surface area contributed by atoms with Gasteiger partial charge >= 0.3 is 18.5 Å². The lowest BCUT2D eigenvalue weighted by Gasteiger charge is -2.10. The van der Waals surface area contributed by atoms with Crippen LogP contribution < -0.4 is 26.0 Å². The number of rotatable bonds is 10. The summed E-state index contributed by atoms with van der Waals surface area (Å²) in [6.07, 6.45) is -3.96. The van der Waals surface area contributed by atoms with Crippen LogP contribution in [0.4, 0.5) is 34.3 Å². The van der Waals surface area contributed by atoms with E-state index in [9.17, 15) is 27.6 Å². The van der Waals surface area contributed by atoms with Crippen LogP contribution in [0.25, 0.3) is 0 Å². The molecule has 0 aliphatic carbocycles. The topological polar surface area (TPSA) is 136 Å². The number of aromatic nitrogens is 2. The van der Waals surface area contributed by atoms with Crippen LogP contribution in [0.3, 0.4) is 0 Å². The number of alkyl halides is 3. The van der Waals surface area contributed by atoms with Crippen LogP contribution in [0.1, 0.15) is 23.1 Å². The molecule has 1 heterocycles. The third kappa shape index (κ3) is 9.04. The number of amides is 4. The number of hydrogen-bond donors (Lipinski definition) is 4. The van der Waals surface area contributed by atoms with Gasteiger partial charge in [-0.05, 0) is 36.8 Å². The van der Waals surface area contributed by atoms with E-state index in [2.05, 4.69) is 31.0 Å². The Morgan fingerprint density at radius 3 is 2.29 bits per heavy atom. The molecule has 0 aliphatic heterocycles. The summed E-state index contributed by atoms with van der Waals surface area (Å²) in [6, 6.07) is 13.1. The molecule has 38 heavy (non-hydrogen) atoms. The molecule has 4 N–H and O–H groups in total. The number of urea groups is 1. The number of alkyl carbamates (subject to hydrolysis) is 1. The number of hydrogen-bond acceptors (Lipinski definition) is 6. The Morgan fingerprint density at radius 2 is 1.63 bits per heavy atom. The van der Waals surface area contributed by atoms with Crippen LogP contribution in [0.5, 0.6) is 5.75 Å². The summed E-state index contributed by atoms with van der Waals surface area (Å²) in [7, 11) is 0. The molecule has 0 unspecified atom stereocenters. The van der Waals surface area contributed by atoms with E-state index in [1.54, 1.807) is 11.5 Å². The van der Waals surface area contributed by atoms with E-state index in [-0.39, 0.29) is 43.6 Å². The van der Waals surface area contributed by atoms with Crippen LogP contribution in [0, 0.1) is 0 Å². The van der Waals surface area contributed by atoms with Gasteiger partial charge in [-0.1, -0.05) is 30.3 Å². The standard InChI is InChI=1S/C24H25F3N6O5/c1-2-37-23(36)29-13-12-28-21(34)20-31-19(15-33(20)14-16-6-4-3-5-7-16)32-22(35)30-17-8-10-18(11-9-17)38-24(25,26)27/h3-11,15H,2,12-14H2,1H3,(H,28,34)(H,29,36)(H2,30,32,35). The van der Waals surface area contributed by atoms with E-state index in [0.717, 1.165) is 17.7 Å². The van der Waals surface area contributed by atoms with Crippen molar-refractivity contribution in [3.05, 3.63) is 72.2 Å². The first-order chi connectivity index (χ1) is 18.1. The Kier molecular flexibility index (Phi) is 9.51. The minimum Gasteiger partial charge on any atom is -0.450 e. The third-order valence-electron chi connectivity index (χ3n) is 4.72. The first-order valence-corrected chi connectivity index (χ1v) is 11.4. The van der Waals surface area contributed by atoms with Crippen LogP contribution in [-0.2, 0) is 11.3 Å². The quantitative estimate of drug-likeness (QED) is 0.291. The molecule has 1 aromatic heterocycles. The largest absolute Gasteiger partial charge is 0.573 e. The second-order valence-electron chi connectivity index (χ2n) is 7.62. The number of nitrogens with one attached hydrogen (secondary N) is 4. The maximum Gasteiger partial charge on any atom is 0.573 e. The molecule has 0 saturated heterocycles. The maximum absolute atomic E-state index is 12.8. The van der Waals surface area contributed by atoms with Crippen LogP contribution in [0.15, 0.2) is 60.8 Å². The van der Waals surface area contributed by atoms with E-state index < -0.39 is 30.1 Å². The number of benzene rings is 2. The molecule has 4 amide bonds. The number of ether oxygens (including phenoxy) is 2. The van der Waals surface area contributed by atoms with E-state index >= 15 is 0 Å². The van der Waals surface area contributed by atoms with Crippen molar-refractivity contribution in [1.29, 1.82) is 0 Å². The van der Waals surface area contributed by atoms with Crippen LogP contribution in [0.2, 0.25) is 0 Å². The molecule has 0 fully saturated rings. The number of imidazole rings is 1. The highest BCUT2D eigenvalue weighted by Crippen LogP contribution is 2.24. The van der Waals surface area contributed by atoms with Gasteiger partial charge in [-0.3, -0.25) is 10.1 Å². The molecular formula is C24H25F3N6O5. The van der Waals surface area contributed by atoms with Gasteiger partial charge in [0.1, 0.15) is 5.75 Å². The van der Waals surface area contributed by atoms with Gasteiger partial charge in [0.25, 0.3) is 5.91 Å². The first-order valence-electron chi connectivity index (χ1n) is 11.4. The van der Waals surface area contributed by atoms with Crippen LogP contribution >= 0.6 is 0 Å². The predicted molar refractivity (Wildman–Crippen MR) is 131 cm³/mol. The number of halogens is 3. The molecule has 0 radical (unpaired) electrons. The summed E-state index contributed by atoms with van der Waals surface area (Å²) in [5.74, 6) is -0.907. The first kappa shape index (κ1) is 27.8. The summed E-state index contributed by atoms with van der Waals surface area (Å²) in [5.41, 5.74) is 1.08. The molecule has 0 spiro atoms. The average molecular weight is 534 g/mol. The van der Waals surface area contributed by atoms with E-state index in [1.165, 1.54) is 18.3 Å². The molecule has 2 aromatic carbocycles. The Hall–Kier alpha value is -4.75. The molecule has 0 atom stereocenters. The van der Waals surface area contributed by atoms with Gasteiger partial charge < -0.3 is 30.0 Å². The molecule has 202 valence electrons. The van der Waals surface area contributed by atoms with E-state index in [0.29, 0.717) is 0 Å².